The fourth-order valence-corrected chi connectivity index (χ4v) is 1.22. The maximum Gasteiger partial charge on any atom is 0.245 e. The highest BCUT2D eigenvalue weighted by atomic mass is 16.3. The average Bonchev–Trinajstić information content (AvgIpc) is 2.87. The zero-order valence-corrected chi connectivity index (χ0v) is 9.26. The molecule has 0 saturated heterocycles. The van der Waals surface area contributed by atoms with Crippen molar-refractivity contribution in [3.8, 4) is 0 Å². The van der Waals surface area contributed by atoms with E-state index in [0.29, 0.717) is 24.9 Å². The van der Waals surface area contributed by atoms with Crippen molar-refractivity contribution in [3.05, 3.63) is 43.0 Å². The zero-order valence-electron chi connectivity index (χ0n) is 9.26. The molecule has 0 amide bonds. The minimum absolute atomic E-state index is 0.454. The minimum Gasteiger partial charge on any atom is -0.467 e. The summed E-state index contributed by atoms with van der Waals surface area (Å²) in [4.78, 5) is 4.22. The van der Waals surface area contributed by atoms with Gasteiger partial charge in [0.05, 0.1) is 19.0 Å². The topological polar surface area (TPSA) is 75.9 Å². The van der Waals surface area contributed by atoms with Crippen molar-refractivity contribution in [2.75, 3.05) is 17.2 Å². The first-order valence-electron chi connectivity index (χ1n) is 5.19. The summed E-state index contributed by atoms with van der Waals surface area (Å²) >= 11 is 0. The number of hydrogen-bond donors (Lipinski definition) is 2. The fourth-order valence-electron chi connectivity index (χ4n) is 1.22. The Morgan fingerprint density at radius 3 is 3.12 bits per heavy atom. The third-order valence-corrected chi connectivity index (χ3v) is 1.99. The molecular weight excluding hydrogens is 218 g/mol. The largest absolute Gasteiger partial charge is 0.467 e. The van der Waals surface area contributed by atoms with E-state index in [-0.39, 0.29) is 0 Å². The van der Waals surface area contributed by atoms with Gasteiger partial charge in [-0.15, -0.1) is 11.7 Å². The van der Waals surface area contributed by atoms with Crippen LogP contribution in [0.1, 0.15) is 5.76 Å². The molecule has 6 nitrogen and oxygen atoms in total. The van der Waals surface area contributed by atoms with E-state index >= 15 is 0 Å². The molecule has 2 aromatic rings. The van der Waals surface area contributed by atoms with Crippen LogP contribution in [0, 0.1) is 0 Å². The van der Waals surface area contributed by atoms with Crippen LogP contribution in [-0.2, 0) is 6.54 Å². The van der Waals surface area contributed by atoms with E-state index in [1.165, 1.54) is 0 Å². The van der Waals surface area contributed by atoms with Gasteiger partial charge in [-0.1, -0.05) is 6.08 Å². The number of rotatable bonds is 6. The number of nitrogens with zero attached hydrogens (tertiary/aromatic N) is 3. The van der Waals surface area contributed by atoms with Crippen LogP contribution in [0.5, 0.6) is 0 Å². The highest BCUT2D eigenvalue weighted by molar-refractivity contribution is 5.37. The van der Waals surface area contributed by atoms with Crippen LogP contribution >= 0.6 is 0 Å². The van der Waals surface area contributed by atoms with Crippen molar-refractivity contribution in [3.63, 3.8) is 0 Å². The maximum absolute atomic E-state index is 5.18. The Labute approximate surface area is 98.8 Å². The van der Waals surface area contributed by atoms with Crippen molar-refractivity contribution in [1.29, 1.82) is 0 Å². The van der Waals surface area contributed by atoms with E-state index in [1.54, 1.807) is 18.5 Å². The first-order valence-corrected chi connectivity index (χ1v) is 5.19. The Hall–Kier alpha value is -2.37. The molecular formula is C11H13N5O. The molecule has 0 spiro atoms. The molecule has 6 heteroatoms. The van der Waals surface area contributed by atoms with Gasteiger partial charge in [0.25, 0.3) is 0 Å². The molecule has 0 aliphatic carbocycles. The van der Waals surface area contributed by atoms with E-state index in [4.69, 9.17) is 4.42 Å². The Morgan fingerprint density at radius 1 is 1.41 bits per heavy atom. The van der Waals surface area contributed by atoms with Crippen molar-refractivity contribution in [1.82, 2.24) is 15.2 Å². The van der Waals surface area contributed by atoms with Gasteiger partial charge in [-0.2, -0.15) is 10.1 Å². The Morgan fingerprint density at radius 2 is 2.35 bits per heavy atom. The van der Waals surface area contributed by atoms with E-state index in [2.05, 4.69) is 32.4 Å². The molecule has 17 heavy (non-hydrogen) atoms. The van der Waals surface area contributed by atoms with Gasteiger partial charge in [0, 0.05) is 6.54 Å². The maximum atomic E-state index is 5.18. The minimum atomic E-state index is 0.454. The van der Waals surface area contributed by atoms with Crippen molar-refractivity contribution >= 4 is 11.8 Å². The van der Waals surface area contributed by atoms with Crippen LogP contribution in [0.3, 0.4) is 0 Å². The van der Waals surface area contributed by atoms with E-state index < -0.39 is 0 Å². The zero-order chi connectivity index (χ0) is 11.9. The molecule has 0 aliphatic heterocycles. The normalized spacial score (nSPS) is 9.88. The summed E-state index contributed by atoms with van der Waals surface area (Å²) in [5.74, 6) is 1.93. The van der Waals surface area contributed by atoms with Crippen LogP contribution in [0.25, 0.3) is 0 Å². The number of furan rings is 1. The summed E-state index contributed by atoms with van der Waals surface area (Å²) in [6, 6.07) is 3.71. The molecule has 2 aromatic heterocycles. The third-order valence-electron chi connectivity index (χ3n) is 1.99. The number of hydrogen-bond acceptors (Lipinski definition) is 6. The molecule has 0 aromatic carbocycles. The van der Waals surface area contributed by atoms with Gasteiger partial charge < -0.3 is 15.1 Å². The smallest absolute Gasteiger partial charge is 0.245 e. The second kappa shape index (κ2) is 5.64. The summed E-state index contributed by atoms with van der Waals surface area (Å²) in [5, 5.41) is 13.8. The molecule has 0 saturated carbocycles. The Balaban J connectivity index is 1.93. The van der Waals surface area contributed by atoms with Gasteiger partial charge >= 0.3 is 0 Å². The molecule has 0 aliphatic rings. The second-order valence-corrected chi connectivity index (χ2v) is 3.27. The highest BCUT2D eigenvalue weighted by Gasteiger charge is 2.00. The Bertz CT molecular complexity index is 468. The van der Waals surface area contributed by atoms with Crippen LogP contribution in [0.2, 0.25) is 0 Å². The summed E-state index contributed by atoms with van der Waals surface area (Å²) in [7, 11) is 0. The SMILES string of the molecule is C=CCNc1cnnc(NCc2ccco2)n1. The molecule has 0 bridgehead atoms. The standard InChI is InChI=1S/C11H13N5O/c1-2-5-12-10-8-14-16-11(15-10)13-7-9-4-3-6-17-9/h2-4,6,8H,1,5,7H2,(H2,12,13,15,16). The van der Waals surface area contributed by atoms with Crippen LogP contribution in [0.15, 0.2) is 41.7 Å². The van der Waals surface area contributed by atoms with Crippen molar-refractivity contribution < 1.29 is 4.42 Å². The predicted octanol–water partition coefficient (Wildman–Crippen LogP) is 1.67. The predicted molar refractivity (Wildman–Crippen MR) is 64.5 cm³/mol. The van der Waals surface area contributed by atoms with Gasteiger partial charge in [-0.05, 0) is 12.1 Å². The molecule has 88 valence electrons. The van der Waals surface area contributed by atoms with E-state index in [1.807, 2.05) is 12.1 Å². The monoisotopic (exact) mass is 231 g/mol. The lowest BCUT2D eigenvalue weighted by Crippen LogP contribution is -2.07. The van der Waals surface area contributed by atoms with Crippen LogP contribution in [0.4, 0.5) is 11.8 Å². The lowest BCUT2D eigenvalue weighted by atomic mass is 10.4. The lowest BCUT2D eigenvalue weighted by Gasteiger charge is -2.04. The lowest BCUT2D eigenvalue weighted by molar-refractivity contribution is 0.517. The first kappa shape index (κ1) is 11.1. The molecule has 2 N–H and O–H groups in total. The van der Waals surface area contributed by atoms with Crippen molar-refractivity contribution in [2.45, 2.75) is 6.54 Å². The molecule has 0 unspecified atom stereocenters. The van der Waals surface area contributed by atoms with E-state index in [0.717, 1.165) is 5.76 Å². The van der Waals surface area contributed by atoms with Gasteiger partial charge in [-0.25, -0.2) is 0 Å². The Kier molecular flexibility index (Phi) is 3.69. The first-order chi connectivity index (χ1) is 8.38. The molecule has 2 heterocycles. The van der Waals surface area contributed by atoms with Crippen molar-refractivity contribution in [2.24, 2.45) is 0 Å². The second-order valence-electron chi connectivity index (χ2n) is 3.27. The molecule has 2 rings (SSSR count). The van der Waals surface area contributed by atoms with Crippen LogP contribution in [-0.4, -0.2) is 21.7 Å². The molecule has 0 fully saturated rings. The quantitative estimate of drug-likeness (QED) is 0.736. The fraction of sp³-hybridized carbons (Fsp3) is 0.182. The molecule has 0 radical (unpaired) electrons. The third kappa shape index (κ3) is 3.30. The number of nitrogens with one attached hydrogen (secondary N) is 2. The average molecular weight is 231 g/mol. The molecule has 0 atom stereocenters. The summed E-state index contributed by atoms with van der Waals surface area (Å²) in [6.45, 7) is 4.78. The summed E-state index contributed by atoms with van der Waals surface area (Å²) < 4.78 is 5.18. The summed E-state index contributed by atoms with van der Waals surface area (Å²) in [5.41, 5.74) is 0. The van der Waals surface area contributed by atoms with Gasteiger partial charge in [0.2, 0.25) is 5.95 Å². The van der Waals surface area contributed by atoms with Gasteiger partial charge in [0.15, 0.2) is 5.82 Å². The highest BCUT2D eigenvalue weighted by Crippen LogP contribution is 2.06. The van der Waals surface area contributed by atoms with Gasteiger partial charge in [-0.3, -0.25) is 0 Å². The number of anilines is 2. The van der Waals surface area contributed by atoms with Gasteiger partial charge in [0.1, 0.15) is 5.76 Å². The van der Waals surface area contributed by atoms with E-state index in [9.17, 15) is 0 Å². The van der Waals surface area contributed by atoms with Crippen LogP contribution < -0.4 is 10.6 Å². The summed E-state index contributed by atoms with van der Waals surface area (Å²) in [6.07, 6.45) is 4.93. The number of aromatic nitrogens is 3.